The maximum atomic E-state index is 11.9. The summed E-state index contributed by atoms with van der Waals surface area (Å²) in [6.45, 7) is 8.08. The number of ketones is 1. The molecule has 1 aromatic rings. The molecule has 2 rings (SSSR count). The Kier molecular flexibility index (Phi) is 12.0. The maximum Gasteiger partial charge on any atom is 0.138 e. The molecular formula is C18H30ClNO3. The van der Waals surface area contributed by atoms with E-state index < -0.39 is 0 Å². The molecule has 1 aromatic carbocycles. The number of nitrogens with zero attached hydrogens (tertiary/aromatic N) is 1. The summed E-state index contributed by atoms with van der Waals surface area (Å²) in [5, 5.41) is 17.2. The topological polar surface area (TPSA) is 60.8 Å². The van der Waals surface area contributed by atoms with Crippen LogP contribution < -0.4 is 0 Å². The van der Waals surface area contributed by atoms with Crippen LogP contribution in [0, 0.1) is 0 Å². The third-order valence-electron chi connectivity index (χ3n) is 3.76. The van der Waals surface area contributed by atoms with E-state index in [1.165, 1.54) is 0 Å². The molecule has 23 heavy (non-hydrogen) atoms. The van der Waals surface area contributed by atoms with Crippen LogP contribution in [0.5, 0.6) is 0 Å². The summed E-state index contributed by atoms with van der Waals surface area (Å²) < 4.78 is 0. The van der Waals surface area contributed by atoms with Crippen molar-refractivity contribution in [3.8, 4) is 0 Å². The number of aliphatic hydroxyl groups excluding tert-OH is 2. The zero-order chi connectivity index (χ0) is 17.8. The highest BCUT2D eigenvalue weighted by molar-refractivity contribution is 6.30. The fourth-order valence-electron chi connectivity index (χ4n) is 2.52. The third kappa shape index (κ3) is 7.93. The molecule has 0 spiro atoms. The van der Waals surface area contributed by atoms with E-state index in [1.807, 2.05) is 38.1 Å². The molecule has 5 heteroatoms. The fraction of sp³-hybridized carbons (Fsp3) is 0.611. The molecule has 0 saturated carbocycles. The van der Waals surface area contributed by atoms with Gasteiger partial charge in [0.25, 0.3) is 0 Å². The predicted molar refractivity (Wildman–Crippen MR) is 96.0 cm³/mol. The average molecular weight is 344 g/mol. The van der Waals surface area contributed by atoms with Gasteiger partial charge in [0.05, 0.1) is 12.0 Å². The number of piperidine rings is 1. The van der Waals surface area contributed by atoms with E-state index in [-0.39, 0.29) is 17.8 Å². The van der Waals surface area contributed by atoms with Crippen molar-refractivity contribution in [3.05, 3.63) is 34.9 Å². The summed E-state index contributed by atoms with van der Waals surface area (Å²) in [6, 6.07) is 7.50. The summed E-state index contributed by atoms with van der Waals surface area (Å²) in [5.41, 5.74) is 1.02. The van der Waals surface area contributed by atoms with Gasteiger partial charge >= 0.3 is 0 Å². The van der Waals surface area contributed by atoms with Gasteiger partial charge in [-0.05, 0) is 37.5 Å². The zero-order valence-corrected chi connectivity index (χ0v) is 15.4. The number of halogens is 1. The number of aliphatic hydroxyl groups is 2. The highest BCUT2D eigenvalue weighted by Gasteiger charge is 2.23. The lowest BCUT2D eigenvalue weighted by molar-refractivity contribution is -0.119. The first-order valence-electron chi connectivity index (χ1n) is 8.17. The number of hydrogen-bond acceptors (Lipinski definition) is 4. The van der Waals surface area contributed by atoms with Crippen molar-refractivity contribution in [2.45, 2.75) is 45.6 Å². The van der Waals surface area contributed by atoms with Gasteiger partial charge in [-0.1, -0.05) is 37.6 Å². The van der Waals surface area contributed by atoms with Crippen molar-refractivity contribution in [2.75, 3.05) is 26.7 Å². The second-order valence-electron chi connectivity index (χ2n) is 5.25. The summed E-state index contributed by atoms with van der Waals surface area (Å²) in [5.74, 6) is 0.0703. The van der Waals surface area contributed by atoms with E-state index in [0.717, 1.165) is 45.1 Å². The summed E-state index contributed by atoms with van der Waals surface area (Å²) >= 11 is 5.88. The number of Topliss-reactive ketones (excluding diaryl/α,β-unsaturated/α-hetero) is 1. The predicted octanol–water partition coefficient (Wildman–Crippen LogP) is 3.10. The van der Waals surface area contributed by atoms with Crippen LogP contribution in [0.1, 0.15) is 45.1 Å². The standard InChI is InChI=1S/C15H20ClNO2.C2H6.CH4O/c1-11(18)15(12-2-4-13(16)5-3-12)10-17-8-6-14(19)7-9-17;2*1-2/h2-5,14-15,19H,6-10H2,1H3;1-2H3;2H,1H3. The third-order valence-corrected chi connectivity index (χ3v) is 4.01. The van der Waals surface area contributed by atoms with Gasteiger partial charge < -0.3 is 15.1 Å². The van der Waals surface area contributed by atoms with Gasteiger partial charge in [-0.15, -0.1) is 0 Å². The Morgan fingerprint density at radius 3 is 2.13 bits per heavy atom. The van der Waals surface area contributed by atoms with Crippen LogP contribution in [0.4, 0.5) is 0 Å². The van der Waals surface area contributed by atoms with Gasteiger partial charge in [-0.3, -0.25) is 4.79 Å². The van der Waals surface area contributed by atoms with Crippen LogP contribution in [0.2, 0.25) is 5.02 Å². The minimum Gasteiger partial charge on any atom is -0.400 e. The molecule has 1 fully saturated rings. The molecule has 1 unspecified atom stereocenters. The van der Waals surface area contributed by atoms with Gasteiger partial charge in [0, 0.05) is 31.8 Å². The van der Waals surface area contributed by atoms with Crippen molar-refractivity contribution >= 4 is 17.4 Å². The molecule has 0 radical (unpaired) electrons. The highest BCUT2D eigenvalue weighted by atomic mass is 35.5. The fourth-order valence-corrected chi connectivity index (χ4v) is 2.65. The van der Waals surface area contributed by atoms with Gasteiger partial charge in [-0.25, -0.2) is 0 Å². The van der Waals surface area contributed by atoms with E-state index >= 15 is 0 Å². The van der Waals surface area contributed by atoms with Crippen LogP contribution in [0.3, 0.4) is 0 Å². The number of carbonyl (C=O) groups excluding carboxylic acids is 1. The molecule has 0 aliphatic carbocycles. The van der Waals surface area contributed by atoms with Crippen molar-refractivity contribution in [1.82, 2.24) is 4.90 Å². The van der Waals surface area contributed by atoms with Crippen LogP contribution in [-0.2, 0) is 4.79 Å². The Labute approximate surface area is 145 Å². The van der Waals surface area contributed by atoms with E-state index in [4.69, 9.17) is 16.7 Å². The van der Waals surface area contributed by atoms with Crippen molar-refractivity contribution in [1.29, 1.82) is 0 Å². The molecule has 1 heterocycles. The first-order valence-corrected chi connectivity index (χ1v) is 8.55. The molecule has 0 bridgehead atoms. The molecular weight excluding hydrogens is 314 g/mol. The Bertz CT molecular complexity index is 428. The van der Waals surface area contributed by atoms with E-state index in [2.05, 4.69) is 4.90 Å². The van der Waals surface area contributed by atoms with Crippen LogP contribution in [0.15, 0.2) is 24.3 Å². The molecule has 0 aromatic heterocycles. The minimum atomic E-state index is -0.178. The maximum absolute atomic E-state index is 11.9. The lowest BCUT2D eigenvalue weighted by atomic mass is 9.94. The van der Waals surface area contributed by atoms with Crippen molar-refractivity contribution in [3.63, 3.8) is 0 Å². The molecule has 2 N–H and O–H groups in total. The molecule has 132 valence electrons. The van der Waals surface area contributed by atoms with Crippen LogP contribution in [0.25, 0.3) is 0 Å². The van der Waals surface area contributed by atoms with E-state index in [9.17, 15) is 9.90 Å². The first-order chi connectivity index (χ1) is 11.1. The van der Waals surface area contributed by atoms with E-state index in [1.54, 1.807) is 6.92 Å². The molecule has 1 saturated heterocycles. The van der Waals surface area contributed by atoms with Gasteiger partial charge in [0.1, 0.15) is 5.78 Å². The average Bonchev–Trinajstić information content (AvgIpc) is 2.59. The normalized spacial score (nSPS) is 16.5. The molecule has 1 aliphatic heterocycles. The van der Waals surface area contributed by atoms with Gasteiger partial charge in [0.2, 0.25) is 0 Å². The monoisotopic (exact) mass is 343 g/mol. The lowest BCUT2D eigenvalue weighted by Crippen LogP contribution is -2.39. The van der Waals surface area contributed by atoms with Gasteiger partial charge in [-0.2, -0.15) is 0 Å². The smallest absolute Gasteiger partial charge is 0.138 e. The number of rotatable bonds is 4. The second-order valence-corrected chi connectivity index (χ2v) is 5.68. The quantitative estimate of drug-likeness (QED) is 0.881. The summed E-state index contributed by atoms with van der Waals surface area (Å²) in [7, 11) is 1.00. The van der Waals surface area contributed by atoms with Crippen LogP contribution in [-0.4, -0.2) is 53.7 Å². The summed E-state index contributed by atoms with van der Waals surface area (Å²) in [4.78, 5) is 14.1. The Balaban J connectivity index is 0.00000112. The lowest BCUT2D eigenvalue weighted by Gasteiger charge is -2.32. The number of carbonyl (C=O) groups is 1. The Hall–Kier alpha value is -0.940. The van der Waals surface area contributed by atoms with Gasteiger partial charge in [0.15, 0.2) is 0 Å². The van der Waals surface area contributed by atoms with E-state index in [0.29, 0.717) is 5.02 Å². The molecule has 4 nitrogen and oxygen atoms in total. The van der Waals surface area contributed by atoms with Crippen molar-refractivity contribution < 1.29 is 15.0 Å². The minimum absolute atomic E-state index is 0.104. The largest absolute Gasteiger partial charge is 0.400 e. The zero-order valence-electron chi connectivity index (χ0n) is 14.6. The molecule has 1 aliphatic rings. The SMILES string of the molecule is CC.CC(=O)C(CN1CCC(O)CC1)c1ccc(Cl)cc1.CO. The summed E-state index contributed by atoms with van der Waals surface area (Å²) in [6.07, 6.45) is 1.42. The highest BCUT2D eigenvalue weighted by Crippen LogP contribution is 2.22. The second kappa shape index (κ2) is 12.5. The Morgan fingerprint density at radius 2 is 1.70 bits per heavy atom. The van der Waals surface area contributed by atoms with Crippen LogP contribution >= 0.6 is 11.6 Å². The first kappa shape index (κ1) is 22.1. The number of hydrogen-bond donors (Lipinski definition) is 2. The number of likely N-dealkylation sites (tertiary alicyclic amines) is 1. The molecule has 0 amide bonds. The molecule has 1 atom stereocenters. The number of benzene rings is 1. The Morgan fingerprint density at radius 1 is 1.22 bits per heavy atom. The van der Waals surface area contributed by atoms with Crippen molar-refractivity contribution in [2.24, 2.45) is 0 Å².